The Balaban J connectivity index is 1.36. The minimum Gasteiger partial charge on any atom is -0.486 e. The molecule has 6 nitrogen and oxygen atoms in total. The van der Waals surface area contributed by atoms with Gasteiger partial charge in [-0.25, -0.2) is 14.4 Å². The Bertz CT molecular complexity index is 1340. The van der Waals surface area contributed by atoms with Crippen LogP contribution in [0.4, 0.5) is 4.39 Å². The fourth-order valence-electron chi connectivity index (χ4n) is 3.52. The second kappa shape index (κ2) is 8.93. The van der Waals surface area contributed by atoms with Gasteiger partial charge in [0.15, 0.2) is 5.82 Å². The molecule has 7 heteroatoms. The van der Waals surface area contributed by atoms with Gasteiger partial charge < -0.3 is 4.74 Å². The molecule has 3 heterocycles. The van der Waals surface area contributed by atoms with E-state index < -0.39 is 6.67 Å². The van der Waals surface area contributed by atoms with Gasteiger partial charge in [0.05, 0.1) is 12.1 Å². The molecule has 0 saturated heterocycles. The number of halogens is 1. The summed E-state index contributed by atoms with van der Waals surface area (Å²) in [4.78, 5) is 13.0. The third kappa shape index (κ3) is 4.18. The van der Waals surface area contributed by atoms with Gasteiger partial charge in [0, 0.05) is 41.3 Å². The second-order valence-corrected chi connectivity index (χ2v) is 7.24. The Morgan fingerprint density at radius 1 is 0.906 bits per heavy atom. The second-order valence-electron chi connectivity index (χ2n) is 7.24. The van der Waals surface area contributed by atoms with Crippen LogP contribution < -0.4 is 4.74 Å². The van der Waals surface area contributed by atoms with Crippen molar-refractivity contribution < 1.29 is 9.13 Å². The summed E-state index contributed by atoms with van der Waals surface area (Å²) in [5, 5.41) is 5.59. The zero-order chi connectivity index (χ0) is 21.8. The molecule has 0 bridgehead atoms. The smallest absolute Gasteiger partial charge is 0.166 e. The first kappa shape index (κ1) is 19.8. The van der Waals surface area contributed by atoms with Gasteiger partial charge in [-0.15, -0.1) is 0 Å². The van der Waals surface area contributed by atoms with E-state index in [2.05, 4.69) is 20.1 Å². The Kier molecular flexibility index (Phi) is 5.53. The number of aryl methyl sites for hydroxylation is 1. The predicted molar refractivity (Wildman–Crippen MR) is 121 cm³/mol. The number of rotatable bonds is 7. The zero-order valence-electron chi connectivity index (χ0n) is 17.2. The van der Waals surface area contributed by atoms with Crippen LogP contribution in [0, 0.1) is 0 Å². The molecule has 3 aromatic heterocycles. The van der Waals surface area contributed by atoms with Gasteiger partial charge in [0.2, 0.25) is 0 Å². The number of pyridine rings is 1. The minimum atomic E-state index is -0.472. The predicted octanol–water partition coefficient (Wildman–Crippen LogP) is 5.10. The molecule has 158 valence electrons. The number of benzene rings is 2. The number of aromatic nitrogens is 5. The lowest BCUT2D eigenvalue weighted by atomic mass is 10.0. The fourth-order valence-corrected chi connectivity index (χ4v) is 3.52. The Hall–Kier alpha value is -4.13. The van der Waals surface area contributed by atoms with E-state index in [1.54, 1.807) is 23.3 Å². The topological polar surface area (TPSA) is 65.7 Å². The minimum absolute atomic E-state index is 0.213. The van der Waals surface area contributed by atoms with Crippen molar-refractivity contribution in [1.29, 1.82) is 0 Å². The van der Waals surface area contributed by atoms with Crippen LogP contribution >= 0.6 is 0 Å². The van der Waals surface area contributed by atoms with E-state index in [1.807, 2.05) is 66.9 Å². The summed E-state index contributed by atoms with van der Waals surface area (Å²) in [5.74, 6) is 1.33. The first-order valence-corrected chi connectivity index (χ1v) is 10.3. The molecule has 0 saturated carbocycles. The van der Waals surface area contributed by atoms with Crippen LogP contribution in [0.25, 0.3) is 33.3 Å². The molecule has 0 aliphatic carbocycles. The Morgan fingerprint density at radius 3 is 2.53 bits per heavy atom. The highest BCUT2D eigenvalue weighted by Gasteiger charge is 2.13. The summed E-state index contributed by atoms with van der Waals surface area (Å²) in [6.45, 7) is 0.0170. The number of nitrogens with zero attached hydrogens (tertiary/aromatic N) is 5. The molecule has 0 aliphatic rings. The summed E-state index contributed by atoms with van der Waals surface area (Å²) in [6.07, 6.45) is 7.14. The quantitative estimate of drug-likeness (QED) is 0.364. The molecule has 0 unspecified atom stereocenters. The van der Waals surface area contributed by atoms with Crippen molar-refractivity contribution in [3.05, 3.63) is 91.3 Å². The van der Waals surface area contributed by atoms with Gasteiger partial charge in [0.25, 0.3) is 0 Å². The summed E-state index contributed by atoms with van der Waals surface area (Å²) in [6, 6.07) is 19.4. The number of hydrogen-bond donors (Lipinski definition) is 0. The number of para-hydroxylation sites is 1. The van der Waals surface area contributed by atoms with Gasteiger partial charge in [-0.05, 0) is 48.0 Å². The normalized spacial score (nSPS) is 11.0. The third-order valence-corrected chi connectivity index (χ3v) is 5.10. The molecule has 0 atom stereocenters. The van der Waals surface area contributed by atoms with Crippen LogP contribution in [0.15, 0.2) is 85.5 Å². The van der Waals surface area contributed by atoms with Crippen LogP contribution in [0.5, 0.6) is 5.75 Å². The fraction of sp³-hybridized carbons (Fsp3) is 0.120. The van der Waals surface area contributed by atoms with E-state index in [0.717, 1.165) is 33.3 Å². The number of ether oxygens (including phenoxy) is 1. The van der Waals surface area contributed by atoms with Crippen molar-refractivity contribution >= 4 is 10.9 Å². The van der Waals surface area contributed by atoms with Gasteiger partial charge >= 0.3 is 0 Å². The highest BCUT2D eigenvalue weighted by atomic mass is 18.2. The molecular weight excluding hydrogens is 404 g/mol. The average Bonchev–Trinajstić information content (AvgIpc) is 3.28. The summed E-state index contributed by atoms with van der Waals surface area (Å²) >= 11 is 0. The van der Waals surface area contributed by atoms with Crippen LogP contribution in [0.2, 0.25) is 0 Å². The monoisotopic (exact) mass is 424 g/mol. The largest absolute Gasteiger partial charge is 0.486 e. The lowest BCUT2D eigenvalue weighted by molar-refractivity contribution is 0.296. The molecule has 0 amide bonds. The first-order valence-electron chi connectivity index (χ1n) is 10.3. The van der Waals surface area contributed by atoms with Crippen molar-refractivity contribution in [1.82, 2.24) is 24.7 Å². The summed E-state index contributed by atoms with van der Waals surface area (Å²) in [5.41, 5.74) is 4.51. The molecule has 32 heavy (non-hydrogen) atoms. The van der Waals surface area contributed by atoms with Crippen LogP contribution in [0.3, 0.4) is 0 Å². The van der Waals surface area contributed by atoms with E-state index in [-0.39, 0.29) is 13.2 Å². The molecule has 0 spiro atoms. The SMILES string of the molecule is [18F]CCn1cc(-c2ccncc2)c(-c2ccc(OCc3ncc4ccccc4n3)cc2)n1. The summed E-state index contributed by atoms with van der Waals surface area (Å²) < 4.78 is 20.4. The molecule has 0 N–H and O–H groups in total. The van der Waals surface area contributed by atoms with Crippen LogP contribution in [0.1, 0.15) is 5.82 Å². The standard InChI is InChI=1S/C25H20FN5O/c26-11-14-31-16-22(18-9-12-27-13-10-18)25(30-31)19-5-7-21(8-6-19)32-17-24-28-15-20-3-1-2-4-23(20)29-24/h1-10,12-13,15-16H,11,14,17H2/i26-1. The van der Waals surface area contributed by atoms with Gasteiger partial charge in [-0.1, -0.05) is 18.2 Å². The van der Waals surface area contributed by atoms with Crippen molar-refractivity contribution in [3.8, 4) is 28.1 Å². The van der Waals surface area contributed by atoms with Gasteiger partial charge in [0.1, 0.15) is 24.7 Å². The summed E-state index contributed by atoms with van der Waals surface area (Å²) in [7, 11) is 0. The third-order valence-electron chi connectivity index (χ3n) is 5.10. The van der Waals surface area contributed by atoms with Crippen molar-refractivity contribution in [2.24, 2.45) is 0 Å². The first-order chi connectivity index (χ1) is 15.8. The van der Waals surface area contributed by atoms with Gasteiger partial charge in [-0.2, -0.15) is 5.10 Å². The maximum Gasteiger partial charge on any atom is 0.166 e. The molecule has 5 rings (SSSR count). The van der Waals surface area contributed by atoms with Crippen molar-refractivity contribution in [3.63, 3.8) is 0 Å². The van der Waals surface area contributed by atoms with Crippen LogP contribution in [-0.2, 0) is 13.2 Å². The maximum absolute atomic E-state index is 12.9. The molecule has 5 aromatic rings. The van der Waals surface area contributed by atoms with E-state index in [4.69, 9.17) is 4.74 Å². The van der Waals surface area contributed by atoms with E-state index >= 15 is 0 Å². The molecule has 0 fully saturated rings. The van der Waals surface area contributed by atoms with E-state index in [1.165, 1.54) is 0 Å². The number of fused-ring (bicyclic) bond motifs is 1. The molecule has 0 aliphatic heterocycles. The van der Waals surface area contributed by atoms with Crippen molar-refractivity contribution in [2.45, 2.75) is 13.2 Å². The molecule has 2 aromatic carbocycles. The van der Waals surface area contributed by atoms with Crippen LogP contribution in [-0.4, -0.2) is 31.4 Å². The van der Waals surface area contributed by atoms with E-state index in [9.17, 15) is 4.39 Å². The highest BCUT2D eigenvalue weighted by Crippen LogP contribution is 2.31. The zero-order valence-corrected chi connectivity index (χ0v) is 17.2. The average molecular weight is 424 g/mol. The van der Waals surface area contributed by atoms with Gasteiger partial charge in [-0.3, -0.25) is 9.67 Å². The van der Waals surface area contributed by atoms with Crippen molar-refractivity contribution in [2.75, 3.05) is 6.67 Å². The maximum atomic E-state index is 12.9. The lowest BCUT2D eigenvalue weighted by Crippen LogP contribution is -2.01. The molecule has 0 radical (unpaired) electrons. The molecular formula is C25H20FN5O. The Labute approximate surface area is 184 Å². The Morgan fingerprint density at radius 2 is 1.72 bits per heavy atom. The highest BCUT2D eigenvalue weighted by molar-refractivity contribution is 5.80. The number of alkyl halides is 1. The van der Waals surface area contributed by atoms with E-state index in [0.29, 0.717) is 11.6 Å². The number of hydrogen-bond acceptors (Lipinski definition) is 5. The lowest BCUT2D eigenvalue weighted by Gasteiger charge is -2.07.